The maximum atomic E-state index is 12.7. The molecule has 1 aliphatic heterocycles. The zero-order chi connectivity index (χ0) is 14.8. The standard InChI is InChI=1S/C14H16N4O2S/c15-12(19)10-4-5-11(21-10)14(20)18-8-2-1-3-9(18)13-16-6-7-17-13/h4-7,9H,1-3,8H2,(H2,15,19)(H,16,17). The quantitative estimate of drug-likeness (QED) is 0.907. The third kappa shape index (κ3) is 2.69. The Bertz CT molecular complexity index is 650. The molecule has 1 fully saturated rings. The van der Waals surface area contributed by atoms with E-state index in [4.69, 9.17) is 5.73 Å². The van der Waals surface area contributed by atoms with Gasteiger partial charge in [-0.25, -0.2) is 4.98 Å². The molecule has 0 spiro atoms. The Morgan fingerprint density at radius 2 is 2.14 bits per heavy atom. The number of likely N-dealkylation sites (tertiary alicyclic amines) is 1. The number of piperidine rings is 1. The summed E-state index contributed by atoms with van der Waals surface area (Å²) in [5.74, 6) is 0.253. The lowest BCUT2D eigenvalue weighted by Gasteiger charge is -2.34. The van der Waals surface area contributed by atoms with Gasteiger partial charge >= 0.3 is 0 Å². The molecule has 6 nitrogen and oxygen atoms in total. The molecule has 1 saturated heterocycles. The second-order valence-corrected chi connectivity index (χ2v) is 6.10. The van der Waals surface area contributed by atoms with Gasteiger partial charge < -0.3 is 15.6 Å². The van der Waals surface area contributed by atoms with Crippen molar-refractivity contribution in [2.45, 2.75) is 25.3 Å². The van der Waals surface area contributed by atoms with Gasteiger partial charge in [0.1, 0.15) is 5.82 Å². The number of carbonyl (C=O) groups is 2. The van der Waals surface area contributed by atoms with Crippen molar-refractivity contribution in [2.75, 3.05) is 6.54 Å². The van der Waals surface area contributed by atoms with Gasteiger partial charge in [0.2, 0.25) is 0 Å². The fraction of sp³-hybridized carbons (Fsp3) is 0.357. The maximum Gasteiger partial charge on any atom is 0.264 e. The number of hydrogen-bond donors (Lipinski definition) is 2. The Morgan fingerprint density at radius 3 is 2.81 bits per heavy atom. The molecule has 21 heavy (non-hydrogen) atoms. The predicted molar refractivity (Wildman–Crippen MR) is 79.1 cm³/mol. The third-order valence-electron chi connectivity index (χ3n) is 3.66. The summed E-state index contributed by atoms with van der Waals surface area (Å²) in [6, 6.07) is 3.24. The number of amides is 2. The van der Waals surface area contributed by atoms with Crippen molar-refractivity contribution >= 4 is 23.2 Å². The first-order valence-corrected chi connectivity index (χ1v) is 7.68. The average Bonchev–Trinajstić information content (AvgIpc) is 3.18. The molecule has 1 aliphatic rings. The fourth-order valence-corrected chi connectivity index (χ4v) is 3.46. The zero-order valence-electron chi connectivity index (χ0n) is 11.4. The highest BCUT2D eigenvalue weighted by Gasteiger charge is 2.31. The first-order chi connectivity index (χ1) is 10.2. The summed E-state index contributed by atoms with van der Waals surface area (Å²) in [5, 5.41) is 0. The molecule has 0 radical (unpaired) electrons. The van der Waals surface area contributed by atoms with Crippen LogP contribution in [0.15, 0.2) is 24.5 Å². The molecule has 1 unspecified atom stereocenters. The molecular weight excluding hydrogens is 288 g/mol. The molecule has 3 rings (SSSR count). The van der Waals surface area contributed by atoms with Gasteiger partial charge in [-0.2, -0.15) is 0 Å². The number of aromatic amines is 1. The minimum atomic E-state index is -0.500. The summed E-state index contributed by atoms with van der Waals surface area (Å²) >= 11 is 1.15. The van der Waals surface area contributed by atoms with Crippen LogP contribution in [-0.4, -0.2) is 33.2 Å². The van der Waals surface area contributed by atoms with Gasteiger partial charge in [-0.3, -0.25) is 9.59 Å². The number of H-pyrrole nitrogens is 1. The first kappa shape index (κ1) is 13.8. The normalized spacial score (nSPS) is 18.7. The fourth-order valence-electron chi connectivity index (χ4n) is 2.65. The smallest absolute Gasteiger partial charge is 0.264 e. The van der Waals surface area contributed by atoms with Crippen LogP contribution in [0.25, 0.3) is 0 Å². The summed E-state index contributed by atoms with van der Waals surface area (Å²) in [5.41, 5.74) is 5.24. The molecule has 2 aromatic heterocycles. The van der Waals surface area contributed by atoms with Crippen LogP contribution < -0.4 is 5.73 Å². The highest BCUT2D eigenvalue weighted by atomic mass is 32.1. The van der Waals surface area contributed by atoms with Crippen molar-refractivity contribution in [3.8, 4) is 0 Å². The summed E-state index contributed by atoms with van der Waals surface area (Å²) in [6.45, 7) is 0.702. The van der Waals surface area contributed by atoms with E-state index in [1.54, 1.807) is 24.5 Å². The number of aromatic nitrogens is 2. The van der Waals surface area contributed by atoms with Crippen LogP contribution in [0, 0.1) is 0 Å². The molecule has 2 amide bonds. The van der Waals surface area contributed by atoms with Gasteiger partial charge in [0.05, 0.1) is 15.8 Å². The van der Waals surface area contributed by atoms with Crippen LogP contribution in [0.3, 0.4) is 0 Å². The van der Waals surface area contributed by atoms with Crippen molar-refractivity contribution in [1.29, 1.82) is 0 Å². The second-order valence-electron chi connectivity index (χ2n) is 5.01. The van der Waals surface area contributed by atoms with Crippen LogP contribution >= 0.6 is 11.3 Å². The summed E-state index contributed by atoms with van der Waals surface area (Å²) < 4.78 is 0. The van der Waals surface area contributed by atoms with Crippen molar-refractivity contribution < 1.29 is 9.59 Å². The second kappa shape index (κ2) is 5.69. The number of thiophene rings is 1. The molecule has 0 aromatic carbocycles. The molecule has 0 aliphatic carbocycles. The minimum absolute atomic E-state index is 0.0274. The Kier molecular flexibility index (Phi) is 3.74. The Balaban J connectivity index is 1.85. The number of nitrogens with zero attached hydrogens (tertiary/aromatic N) is 2. The minimum Gasteiger partial charge on any atom is -0.365 e. The number of hydrogen-bond acceptors (Lipinski definition) is 4. The summed E-state index contributed by atoms with van der Waals surface area (Å²) in [7, 11) is 0. The van der Waals surface area contributed by atoms with E-state index in [9.17, 15) is 9.59 Å². The first-order valence-electron chi connectivity index (χ1n) is 6.86. The van der Waals surface area contributed by atoms with E-state index in [0.29, 0.717) is 16.3 Å². The summed E-state index contributed by atoms with van der Waals surface area (Å²) in [6.07, 6.45) is 6.42. The van der Waals surface area contributed by atoms with E-state index in [2.05, 4.69) is 9.97 Å². The topological polar surface area (TPSA) is 92.1 Å². The lowest BCUT2D eigenvalue weighted by atomic mass is 10.0. The number of imidazole rings is 1. The monoisotopic (exact) mass is 304 g/mol. The van der Waals surface area contributed by atoms with E-state index >= 15 is 0 Å². The van der Waals surface area contributed by atoms with Crippen molar-refractivity contribution in [2.24, 2.45) is 5.73 Å². The van der Waals surface area contributed by atoms with E-state index in [1.807, 2.05) is 4.90 Å². The van der Waals surface area contributed by atoms with Gasteiger partial charge in [0, 0.05) is 18.9 Å². The van der Waals surface area contributed by atoms with E-state index in [-0.39, 0.29) is 11.9 Å². The lowest BCUT2D eigenvalue weighted by molar-refractivity contribution is 0.0606. The molecule has 3 heterocycles. The largest absolute Gasteiger partial charge is 0.365 e. The molecule has 3 N–H and O–H groups in total. The van der Waals surface area contributed by atoms with Crippen LogP contribution in [0.2, 0.25) is 0 Å². The molecule has 0 bridgehead atoms. The van der Waals surface area contributed by atoms with Crippen LogP contribution in [0.1, 0.15) is 50.5 Å². The van der Waals surface area contributed by atoms with Crippen LogP contribution in [0.5, 0.6) is 0 Å². The molecule has 0 saturated carbocycles. The number of nitrogens with one attached hydrogen (secondary N) is 1. The molecule has 1 atom stereocenters. The highest BCUT2D eigenvalue weighted by molar-refractivity contribution is 7.15. The van der Waals surface area contributed by atoms with E-state index in [1.165, 1.54) is 0 Å². The van der Waals surface area contributed by atoms with Crippen molar-refractivity contribution in [1.82, 2.24) is 14.9 Å². The van der Waals surface area contributed by atoms with Gasteiger partial charge in [0.25, 0.3) is 11.8 Å². The highest BCUT2D eigenvalue weighted by Crippen LogP contribution is 2.31. The maximum absolute atomic E-state index is 12.7. The van der Waals surface area contributed by atoms with Crippen LogP contribution in [0.4, 0.5) is 0 Å². The van der Waals surface area contributed by atoms with Gasteiger partial charge in [-0.05, 0) is 31.4 Å². The SMILES string of the molecule is NC(=O)c1ccc(C(=O)N2CCCCC2c2ncc[nH]2)s1. The Morgan fingerprint density at radius 1 is 1.33 bits per heavy atom. The van der Waals surface area contributed by atoms with E-state index < -0.39 is 5.91 Å². The number of rotatable bonds is 3. The zero-order valence-corrected chi connectivity index (χ0v) is 12.2. The third-order valence-corrected chi connectivity index (χ3v) is 4.75. The van der Waals surface area contributed by atoms with Gasteiger partial charge in [0.15, 0.2) is 0 Å². The van der Waals surface area contributed by atoms with Crippen molar-refractivity contribution in [3.63, 3.8) is 0 Å². The predicted octanol–water partition coefficient (Wildman–Crippen LogP) is 1.94. The van der Waals surface area contributed by atoms with Gasteiger partial charge in [-0.1, -0.05) is 0 Å². The van der Waals surface area contributed by atoms with Gasteiger partial charge in [-0.15, -0.1) is 11.3 Å². The number of carbonyl (C=O) groups excluding carboxylic acids is 2. The number of nitrogens with two attached hydrogens (primary N) is 1. The number of primary amides is 1. The molecular formula is C14H16N4O2S. The van der Waals surface area contributed by atoms with Crippen molar-refractivity contribution in [3.05, 3.63) is 40.1 Å². The Labute approximate surface area is 126 Å². The molecule has 110 valence electrons. The lowest BCUT2D eigenvalue weighted by Crippen LogP contribution is -2.38. The molecule has 7 heteroatoms. The summed E-state index contributed by atoms with van der Waals surface area (Å²) in [4.78, 5) is 34.0. The molecule has 2 aromatic rings. The Hall–Kier alpha value is -2.15. The average molecular weight is 304 g/mol. The van der Waals surface area contributed by atoms with Crippen LogP contribution in [-0.2, 0) is 0 Å². The van der Waals surface area contributed by atoms with E-state index in [0.717, 1.165) is 36.4 Å².